The SMILES string of the molecule is N#Cc1ccc(C(N)=CC=NCCN)cc1Cl. The van der Waals surface area contributed by atoms with Crippen LogP contribution in [-0.4, -0.2) is 19.3 Å². The van der Waals surface area contributed by atoms with Crippen molar-refractivity contribution in [1.29, 1.82) is 5.26 Å². The largest absolute Gasteiger partial charge is 0.398 e. The average molecular weight is 249 g/mol. The Balaban J connectivity index is 2.86. The number of hydrogen-bond donors (Lipinski definition) is 2. The second kappa shape index (κ2) is 6.69. The molecule has 0 amide bonds. The van der Waals surface area contributed by atoms with Gasteiger partial charge in [-0.1, -0.05) is 17.7 Å². The van der Waals surface area contributed by atoms with Crippen LogP contribution in [0, 0.1) is 11.3 Å². The topological polar surface area (TPSA) is 88.2 Å². The zero-order chi connectivity index (χ0) is 12.7. The van der Waals surface area contributed by atoms with Gasteiger partial charge in [-0.05, 0) is 23.8 Å². The molecule has 1 aromatic carbocycles. The molecular formula is C12H13ClN4. The Hall–Kier alpha value is -1.83. The van der Waals surface area contributed by atoms with Gasteiger partial charge in [0.1, 0.15) is 6.07 Å². The molecule has 0 unspecified atom stereocenters. The van der Waals surface area contributed by atoms with Crippen LogP contribution in [0.15, 0.2) is 29.3 Å². The van der Waals surface area contributed by atoms with Crippen molar-refractivity contribution >= 4 is 23.5 Å². The molecule has 0 aliphatic carbocycles. The normalized spacial score (nSPS) is 11.7. The lowest BCUT2D eigenvalue weighted by Gasteiger charge is -2.02. The van der Waals surface area contributed by atoms with Gasteiger partial charge in [0.05, 0.1) is 17.1 Å². The molecule has 0 saturated heterocycles. The molecule has 4 N–H and O–H groups in total. The standard InChI is InChI=1S/C12H13ClN4/c13-11-7-9(1-2-10(11)8-15)12(16)3-5-17-6-4-14/h1-3,5,7H,4,6,14,16H2. The molecule has 0 aliphatic rings. The van der Waals surface area contributed by atoms with E-state index < -0.39 is 0 Å². The molecule has 0 saturated carbocycles. The van der Waals surface area contributed by atoms with Crippen molar-refractivity contribution in [1.82, 2.24) is 0 Å². The molecule has 0 fully saturated rings. The number of halogens is 1. The van der Waals surface area contributed by atoms with Gasteiger partial charge in [0.15, 0.2) is 0 Å². The number of nitrogens with two attached hydrogens (primary N) is 2. The van der Waals surface area contributed by atoms with E-state index in [2.05, 4.69) is 4.99 Å². The molecule has 17 heavy (non-hydrogen) atoms. The zero-order valence-electron chi connectivity index (χ0n) is 9.23. The fraction of sp³-hybridized carbons (Fsp3) is 0.167. The van der Waals surface area contributed by atoms with Crippen LogP contribution in [0.4, 0.5) is 0 Å². The maximum absolute atomic E-state index is 8.74. The van der Waals surface area contributed by atoms with E-state index in [1.165, 1.54) is 0 Å². The highest BCUT2D eigenvalue weighted by molar-refractivity contribution is 6.31. The van der Waals surface area contributed by atoms with E-state index in [0.717, 1.165) is 5.56 Å². The predicted molar refractivity (Wildman–Crippen MR) is 70.7 cm³/mol. The minimum absolute atomic E-state index is 0.389. The average Bonchev–Trinajstić information content (AvgIpc) is 2.34. The van der Waals surface area contributed by atoms with Crippen molar-refractivity contribution in [3.8, 4) is 6.07 Å². The van der Waals surface area contributed by atoms with Crippen molar-refractivity contribution in [2.75, 3.05) is 13.1 Å². The van der Waals surface area contributed by atoms with Crippen molar-refractivity contribution in [3.63, 3.8) is 0 Å². The third-order valence-electron chi connectivity index (χ3n) is 2.04. The van der Waals surface area contributed by atoms with Crippen LogP contribution >= 0.6 is 11.6 Å². The first-order chi connectivity index (χ1) is 8.19. The Morgan fingerprint density at radius 2 is 2.29 bits per heavy atom. The zero-order valence-corrected chi connectivity index (χ0v) is 9.98. The van der Waals surface area contributed by atoms with Gasteiger partial charge >= 0.3 is 0 Å². The van der Waals surface area contributed by atoms with Crippen molar-refractivity contribution in [2.24, 2.45) is 16.5 Å². The van der Waals surface area contributed by atoms with Gasteiger partial charge in [0.2, 0.25) is 0 Å². The van der Waals surface area contributed by atoms with E-state index in [-0.39, 0.29) is 0 Å². The summed E-state index contributed by atoms with van der Waals surface area (Å²) in [6.45, 7) is 1.07. The van der Waals surface area contributed by atoms with E-state index in [1.54, 1.807) is 30.5 Å². The van der Waals surface area contributed by atoms with E-state index in [1.807, 2.05) is 6.07 Å². The summed E-state index contributed by atoms with van der Waals surface area (Å²) in [6, 6.07) is 7.02. The third-order valence-corrected chi connectivity index (χ3v) is 2.35. The van der Waals surface area contributed by atoms with Gasteiger partial charge in [-0.3, -0.25) is 4.99 Å². The number of nitrogens with zero attached hydrogens (tertiary/aromatic N) is 2. The highest BCUT2D eigenvalue weighted by Crippen LogP contribution is 2.19. The first-order valence-electron chi connectivity index (χ1n) is 5.04. The van der Waals surface area contributed by atoms with E-state index in [9.17, 15) is 0 Å². The Morgan fingerprint density at radius 1 is 1.53 bits per heavy atom. The smallest absolute Gasteiger partial charge is 0.101 e. The highest BCUT2D eigenvalue weighted by Gasteiger charge is 2.02. The number of aliphatic imine (C=N–C) groups is 1. The molecule has 0 aromatic heterocycles. The van der Waals surface area contributed by atoms with Crippen LogP contribution in [0.3, 0.4) is 0 Å². The fourth-order valence-electron chi connectivity index (χ4n) is 1.16. The van der Waals surface area contributed by atoms with Crippen molar-refractivity contribution in [3.05, 3.63) is 40.4 Å². The number of hydrogen-bond acceptors (Lipinski definition) is 4. The van der Waals surface area contributed by atoms with Crippen LogP contribution < -0.4 is 11.5 Å². The Labute approximate surface area is 105 Å². The minimum atomic E-state index is 0.389. The Morgan fingerprint density at radius 3 is 2.88 bits per heavy atom. The summed E-state index contributed by atoms with van der Waals surface area (Å²) in [5, 5.41) is 9.12. The fourth-order valence-corrected chi connectivity index (χ4v) is 1.39. The van der Waals surface area contributed by atoms with Crippen LogP contribution in [0.2, 0.25) is 5.02 Å². The maximum atomic E-state index is 8.74. The maximum Gasteiger partial charge on any atom is 0.101 e. The Bertz CT molecular complexity index is 486. The summed E-state index contributed by atoms with van der Waals surface area (Å²) < 4.78 is 0. The molecular weight excluding hydrogens is 236 g/mol. The molecule has 1 aromatic rings. The third kappa shape index (κ3) is 3.91. The summed E-state index contributed by atoms with van der Waals surface area (Å²) in [5.41, 5.74) is 12.9. The molecule has 88 valence electrons. The summed E-state index contributed by atoms with van der Waals surface area (Å²) in [5.74, 6) is 0. The monoisotopic (exact) mass is 248 g/mol. The molecule has 4 nitrogen and oxygen atoms in total. The lowest BCUT2D eigenvalue weighted by molar-refractivity contribution is 0.981. The van der Waals surface area contributed by atoms with Gasteiger partial charge in [-0.25, -0.2) is 0 Å². The van der Waals surface area contributed by atoms with Gasteiger partial charge in [0, 0.05) is 18.5 Å². The van der Waals surface area contributed by atoms with Crippen LogP contribution in [0.1, 0.15) is 11.1 Å². The van der Waals surface area contributed by atoms with E-state index >= 15 is 0 Å². The van der Waals surface area contributed by atoms with Crippen molar-refractivity contribution in [2.45, 2.75) is 0 Å². The summed E-state index contributed by atoms with van der Waals surface area (Å²) in [7, 11) is 0. The quantitative estimate of drug-likeness (QED) is 0.793. The van der Waals surface area contributed by atoms with E-state index in [0.29, 0.717) is 29.4 Å². The van der Waals surface area contributed by atoms with Gasteiger partial charge in [0.25, 0.3) is 0 Å². The summed E-state index contributed by atoms with van der Waals surface area (Å²) in [4.78, 5) is 4.02. The second-order valence-corrected chi connectivity index (χ2v) is 3.68. The predicted octanol–water partition coefficient (Wildman–Crippen LogP) is 1.54. The molecule has 0 bridgehead atoms. The van der Waals surface area contributed by atoms with Gasteiger partial charge in [-0.15, -0.1) is 0 Å². The molecule has 0 atom stereocenters. The number of benzene rings is 1. The first kappa shape index (κ1) is 13.2. The molecule has 0 spiro atoms. The number of nitriles is 1. The minimum Gasteiger partial charge on any atom is -0.398 e. The highest BCUT2D eigenvalue weighted by atomic mass is 35.5. The van der Waals surface area contributed by atoms with Crippen molar-refractivity contribution < 1.29 is 0 Å². The van der Waals surface area contributed by atoms with Crippen LogP contribution in [0.25, 0.3) is 5.70 Å². The molecule has 0 aliphatic heterocycles. The molecule has 0 radical (unpaired) electrons. The lowest BCUT2D eigenvalue weighted by atomic mass is 10.1. The van der Waals surface area contributed by atoms with Crippen LogP contribution in [-0.2, 0) is 0 Å². The molecule has 1 rings (SSSR count). The summed E-state index contributed by atoms with van der Waals surface area (Å²) >= 11 is 5.90. The Kier molecular flexibility index (Phi) is 5.21. The first-order valence-corrected chi connectivity index (χ1v) is 5.42. The second-order valence-electron chi connectivity index (χ2n) is 3.27. The molecule has 5 heteroatoms. The summed E-state index contributed by atoms with van der Waals surface area (Å²) in [6.07, 6.45) is 3.28. The lowest BCUT2D eigenvalue weighted by Crippen LogP contribution is -2.02. The van der Waals surface area contributed by atoms with Gasteiger partial charge in [-0.2, -0.15) is 5.26 Å². The van der Waals surface area contributed by atoms with E-state index in [4.69, 9.17) is 28.3 Å². The molecule has 0 heterocycles. The van der Waals surface area contributed by atoms with Gasteiger partial charge < -0.3 is 11.5 Å². The number of allylic oxidation sites excluding steroid dienone is 1. The van der Waals surface area contributed by atoms with Crippen LogP contribution in [0.5, 0.6) is 0 Å². The number of rotatable bonds is 4.